The van der Waals surface area contributed by atoms with Crippen LogP contribution in [-0.2, 0) is 4.74 Å². The maximum Gasteiger partial charge on any atom is 0.342 e. The molecule has 0 aliphatic carbocycles. The highest BCUT2D eigenvalue weighted by Gasteiger charge is 2.14. The number of rotatable bonds is 3. The molecular formula is C14H14N2O3S. The normalized spacial score (nSPS) is 10.2. The van der Waals surface area contributed by atoms with E-state index in [0.29, 0.717) is 17.1 Å². The van der Waals surface area contributed by atoms with Gasteiger partial charge in [-0.3, -0.25) is 0 Å². The first-order valence-corrected chi connectivity index (χ1v) is 6.31. The molecule has 1 aromatic heterocycles. The van der Waals surface area contributed by atoms with E-state index >= 15 is 0 Å². The number of ether oxygens (including phenoxy) is 2. The Morgan fingerprint density at radius 1 is 1.25 bits per heavy atom. The van der Waals surface area contributed by atoms with E-state index in [-0.39, 0.29) is 4.64 Å². The van der Waals surface area contributed by atoms with Crippen LogP contribution in [0.5, 0.6) is 5.75 Å². The zero-order valence-corrected chi connectivity index (χ0v) is 12.2. The molecule has 0 atom stereocenters. The summed E-state index contributed by atoms with van der Waals surface area (Å²) in [5.74, 6) is 0.871. The Kier molecular flexibility index (Phi) is 4.14. The van der Waals surface area contributed by atoms with Gasteiger partial charge in [0.1, 0.15) is 21.8 Å². The minimum absolute atomic E-state index is 0.221. The van der Waals surface area contributed by atoms with Gasteiger partial charge in [-0.05, 0) is 31.2 Å². The third-order valence-corrected chi connectivity index (χ3v) is 3.16. The van der Waals surface area contributed by atoms with Gasteiger partial charge in [0, 0.05) is 11.3 Å². The minimum atomic E-state index is -0.488. The fourth-order valence-electron chi connectivity index (χ4n) is 1.81. The number of nitrogens with one attached hydrogen (secondary N) is 1. The number of esters is 1. The Morgan fingerprint density at radius 3 is 2.40 bits per heavy atom. The van der Waals surface area contributed by atoms with Crippen molar-refractivity contribution in [2.24, 2.45) is 0 Å². The van der Waals surface area contributed by atoms with E-state index in [1.165, 1.54) is 7.11 Å². The predicted octanol–water partition coefficient (Wildman–Crippen LogP) is 2.91. The van der Waals surface area contributed by atoms with Gasteiger partial charge in [-0.25, -0.2) is 9.78 Å². The van der Waals surface area contributed by atoms with Crippen LogP contribution in [0.15, 0.2) is 24.3 Å². The van der Waals surface area contributed by atoms with Crippen molar-refractivity contribution in [3.05, 3.63) is 40.2 Å². The van der Waals surface area contributed by atoms with Crippen molar-refractivity contribution in [3.8, 4) is 17.1 Å². The van der Waals surface area contributed by atoms with Gasteiger partial charge in [0.25, 0.3) is 0 Å². The second-order valence-corrected chi connectivity index (χ2v) is 4.50. The minimum Gasteiger partial charge on any atom is -0.497 e. The molecule has 0 aliphatic heterocycles. The van der Waals surface area contributed by atoms with Crippen LogP contribution in [0.25, 0.3) is 11.4 Å². The second-order valence-electron chi connectivity index (χ2n) is 4.11. The number of methoxy groups -OCH3 is 2. The van der Waals surface area contributed by atoms with Crippen LogP contribution >= 0.6 is 12.2 Å². The molecule has 0 saturated heterocycles. The van der Waals surface area contributed by atoms with Crippen LogP contribution < -0.4 is 4.74 Å². The summed E-state index contributed by atoms with van der Waals surface area (Å²) in [6, 6.07) is 7.39. The molecule has 2 rings (SSSR count). The number of carbonyl (C=O) groups excluding carboxylic acids is 1. The Balaban J connectivity index is 2.49. The average molecular weight is 290 g/mol. The van der Waals surface area contributed by atoms with Crippen molar-refractivity contribution >= 4 is 18.2 Å². The summed E-state index contributed by atoms with van der Waals surface area (Å²) in [7, 11) is 2.92. The number of benzene rings is 1. The van der Waals surface area contributed by atoms with Crippen LogP contribution in [0.1, 0.15) is 16.1 Å². The summed E-state index contributed by atoms with van der Waals surface area (Å²) < 4.78 is 10.0. The van der Waals surface area contributed by atoms with E-state index in [0.717, 1.165) is 11.3 Å². The standard InChI is InChI=1S/C14H14N2O3S/c1-8-11(14(17)19-3)13(20)16-12(15-8)9-4-6-10(18-2)7-5-9/h4-7H,1-3H3,(H,15,16,20). The van der Waals surface area contributed by atoms with Crippen LogP contribution in [-0.4, -0.2) is 30.2 Å². The SMILES string of the molecule is COC(=O)c1c(C)[nH]c(-c2ccc(OC)cc2)nc1=S. The van der Waals surface area contributed by atoms with Crippen molar-refractivity contribution in [2.75, 3.05) is 14.2 Å². The van der Waals surface area contributed by atoms with Gasteiger partial charge in [-0.1, -0.05) is 12.2 Å². The summed E-state index contributed by atoms with van der Waals surface area (Å²) in [6.07, 6.45) is 0. The topological polar surface area (TPSA) is 64.2 Å². The third-order valence-electron chi connectivity index (χ3n) is 2.86. The molecule has 0 aliphatic rings. The molecule has 5 nitrogen and oxygen atoms in total. The Morgan fingerprint density at radius 2 is 1.90 bits per heavy atom. The van der Waals surface area contributed by atoms with E-state index in [2.05, 4.69) is 9.97 Å². The van der Waals surface area contributed by atoms with Crippen molar-refractivity contribution in [1.29, 1.82) is 0 Å². The predicted molar refractivity (Wildman–Crippen MR) is 77.5 cm³/mol. The molecule has 0 unspecified atom stereocenters. The number of carbonyl (C=O) groups is 1. The highest BCUT2D eigenvalue weighted by Crippen LogP contribution is 2.20. The Labute approximate surface area is 121 Å². The molecule has 1 heterocycles. The van der Waals surface area contributed by atoms with Crippen molar-refractivity contribution in [3.63, 3.8) is 0 Å². The molecule has 104 valence electrons. The van der Waals surface area contributed by atoms with Crippen molar-refractivity contribution in [2.45, 2.75) is 6.92 Å². The van der Waals surface area contributed by atoms with Gasteiger partial charge in [-0.15, -0.1) is 0 Å². The third kappa shape index (κ3) is 2.70. The molecule has 6 heteroatoms. The molecule has 0 amide bonds. The molecule has 1 aromatic carbocycles. The molecule has 0 radical (unpaired) electrons. The molecule has 1 N–H and O–H groups in total. The molecular weight excluding hydrogens is 276 g/mol. The van der Waals surface area contributed by atoms with Gasteiger partial charge in [-0.2, -0.15) is 0 Å². The number of H-pyrrole nitrogens is 1. The highest BCUT2D eigenvalue weighted by molar-refractivity contribution is 7.71. The first kappa shape index (κ1) is 14.2. The zero-order chi connectivity index (χ0) is 14.7. The number of aromatic nitrogens is 2. The average Bonchev–Trinajstić information content (AvgIpc) is 2.46. The summed E-state index contributed by atoms with van der Waals surface area (Å²) >= 11 is 5.16. The number of hydrogen-bond donors (Lipinski definition) is 1. The van der Waals surface area contributed by atoms with Crippen LogP contribution in [0.2, 0.25) is 0 Å². The lowest BCUT2D eigenvalue weighted by Crippen LogP contribution is -2.08. The molecule has 0 spiro atoms. The highest BCUT2D eigenvalue weighted by atomic mass is 32.1. The number of aryl methyl sites for hydroxylation is 1. The molecule has 0 bridgehead atoms. The molecule has 0 fully saturated rings. The molecule has 20 heavy (non-hydrogen) atoms. The summed E-state index contributed by atoms with van der Waals surface area (Å²) in [4.78, 5) is 18.9. The maximum absolute atomic E-state index is 11.6. The fraction of sp³-hybridized carbons (Fsp3) is 0.214. The lowest BCUT2D eigenvalue weighted by molar-refractivity contribution is 0.0598. The van der Waals surface area contributed by atoms with Crippen LogP contribution in [0, 0.1) is 11.6 Å². The number of aromatic amines is 1. The monoisotopic (exact) mass is 290 g/mol. The van der Waals surface area contributed by atoms with Gasteiger partial charge in [0.05, 0.1) is 14.2 Å². The van der Waals surface area contributed by atoms with Crippen molar-refractivity contribution in [1.82, 2.24) is 9.97 Å². The number of hydrogen-bond acceptors (Lipinski definition) is 5. The maximum atomic E-state index is 11.6. The second kappa shape index (κ2) is 5.83. The van der Waals surface area contributed by atoms with Gasteiger partial charge in [0.2, 0.25) is 0 Å². The van der Waals surface area contributed by atoms with Crippen molar-refractivity contribution < 1.29 is 14.3 Å². The summed E-state index contributed by atoms with van der Waals surface area (Å²) in [6.45, 7) is 1.76. The number of nitrogens with zero attached hydrogens (tertiary/aromatic N) is 1. The zero-order valence-electron chi connectivity index (χ0n) is 11.4. The van der Waals surface area contributed by atoms with E-state index in [4.69, 9.17) is 21.7 Å². The van der Waals surface area contributed by atoms with Crippen LogP contribution in [0.4, 0.5) is 0 Å². The fourth-order valence-corrected chi connectivity index (χ4v) is 2.14. The quantitative estimate of drug-likeness (QED) is 0.695. The van der Waals surface area contributed by atoms with Crippen LogP contribution in [0.3, 0.4) is 0 Å². The smallest absolute Gasteiger partial charge is 0.342 e. The van der Waals surface area contributed by atoms with E-state index < -0.39 is 5.97 Å². The first-order valence-electron chi connectivity index (χ1n) is 5.90. The van der Waals surface area contributed by atoms with Gasteiger partial charge < -0.3 is 14.5 Å². The van der Waals surface area contributed by atoms with E-state index in [1.54, 1.807) is 14.0 Å². The van der Waals surface area contributed by atoms with E-state index in [1.807, 2.05) is 24.3 Å². The Bertz CT molecular complexity index is 693. The molecule has 0 saturated carbocycles. The first-order chi connectivity index (χ1) is 9.56. The lowest BCUT2D eigenvalue weighted by Gasteiger charge is -2.08. The van der Waals surface area contributed by atoms with Gasteiger partial charge in [0.15, 0.2) is 0 Å². The van der Waals surface area contributed by atoms with E-state index in [9.17, 15) is 4.79 Å². The summed E-state index contributed by atoms with van der Waals surface area (Å²) in [5.41, 5.74) is 1.78. The van der Waals surface area contributed by atoms with Gasteiger partial charge >= 0.3 is 5.97 Å². The summed E-state index contributed by atoms with van der Waals surface area (Å²) in [5, 5.41) is 0. The lowest BCUT2D eigenvalue weighted by atomic mass is 10.2. The Hall–Kier alpha value is -2.21. The molecule has 2 aromatic rings. The largest absolute Gasteiger partial charge is 0.497 e.